The molecule has 1 aromatic carbocycles. The Morgan fingerprint density at radius 2 is 1.94 bits per heavy atom. The predicted molar refractivity (Wildman–Crippen MR) is 54.8 cm³/mol. The van der Waals surface area contributed by atoms with Crippen molar-refractivity contribution in [2.75, 3.05) is 0 Å². The van der Waals surface area contributed by atoms with Crippen molar-refractivity contribution in [2.45, 2.75) is 19.3 Å². The van der Waals surface area contributed by atoms with Gasteiger partial charge in [-0.3, -0.25) is 0 Å². The molecule has 0 amide bonds. The summed E-state index contributed by atoms with van der Waals surface area (Å²) in [6.07, 6.45) is 0. The van der Waals surface area contributed by atoms with E-state index in [1.165, 1.54) is 6.07 Å². The van der Waals surface area contributed by atoms with Gasteiger partial charge >= 0.3 is 0 Å². The van der Waals surface area contributed by atoms with Crippen LogP contribution in [0.4, 0.5) is 8.78 Å². The van der Waals surface area contributed by atoms with E-state index >= 15 is 0 Å². The molecule has 16 heavy (non-hydrogen) atoms. The van der Waals surface area contributed by atoms with E-state index in [0.717, 1.165) is 12.1 Å². The minimum Gasteiger partial charge on any atom is -0.459 e. The molecule has 0 fully saturated rings. The van der Waals surface area contributed by atoms with Gasteiger partial charge in [-0.1, -0.05) is 0 Å². The maximum Gasteiger partial charge on any atom is 0.140 e. The minimum absolute atomic E-state index is 0.121. The van der Waals surface area contributed by atoms with E-state index in [1.807, 2.05) is 6.07 Å². The number of fused-ring (bicyclic) bond motifs is 1. The zero-order chi connectivity index (χ0) is 11.9. The monoisotopic (exact) mass is 221 g/mol. The lowest BCUT2D eigenvalue weighted by molar-refractivity contribution is 0.468. The molecule has 2 aromatic rings. The van der Waals surface area contributed by atoms with Gasteiger partial charge < -0.3 is 4.42 Å². The Bertz CT molecular complexity index is 593. The van der Waals surface area contributed by atoms with Gasteiger partial charge in [0.2, 0.25) is 0 Å². The number of hydrogen-bond acceptors (Lipinski definition) is 2. The first-order valence-electron chi connectivity index (χ1n) is 4.74. The van der Waals surface area contributed by atoms with E-state index in [2.05, 4.69) is 0 Å². The minimum atomic E-state index is -0.859. The molecule has 0 spiro atoms. The van der Waals surface area contributed by atoms with Crippen LogP contribution in [0.25, 0.3) is 11.0 Å². The van der Waals surface area contributed by atoms with Gasteiger partial charge in [0.15, 0.2) is 0 Å². The van der Waals surface area contributed by atoms with Gasteiger partial charge in [0.05, 0.1) is 11.5 Å². The van der Waals surface area contributed by atoms with Crippen molar-refractivity contribution in [1.29, 1.82) is 5.26 Å². The van der Waals surface area contributed by atoms with Crippen molar-refractivity contribution in [3.8, 4) is 6.07 Å². The molecule has 0 N–H and O–H groups in total. The molecule has 0 saturated heterocycles. The Hall–Kier alpha value is -1.89. The Morgan fingerprint density at radius 3 is 2.56 bits per heavy atom. The van der Waals surface area contributed by atoms with Gasteiger partial charge in [0.25, 0.3) is 0 Å². The molecule has 0 aliphatic heterocycles. The van der Waals surface area contributed by atoms with Crippen molar-refractivity contribution in [2.24, 2.45) is 0 Å². The molecule has 4 heteroatoms. The molecule has 82 valence electrons. The molecule has 0 aliphatic rings. The normalized spacial score (nSPS) is 11.7. The molecule has 0 unspecified atom stereocenters. The Balaban J connectivity index is 2.71. The maximum atomic E-state index is 13.4. The summed E-state index contributed by atoms with van der Waals surface area (Å²) in [5, 5.41) is 9.11. The quantitative estimate of drug-likeness (QED) is 0.738. The molecule has 0 saturated carbocycles. The lowest BCUT2D eigenvalue weighted by Crippen LogP contribution is -2.12. The van der Waals surface area contributed by atoms with Crippen molar-refractivity contribution in [3.05, 3.63) is 35.6 Å². The topological polar surface area (TPSA) is 36.9 Å². The molecule has 2 rings (SSSR count). The van der Waals surface area contributed by atoms with Crippen LogP contribution in [0.3, 0.4) is 0 Å². The number of benzene rings is 1. The molecular formula is C12H9F2NO. The fraction of sp³-hybridized carbons (Fsp3) is 0.250. The first-order valence-corrected chi connectivity index (χ1v) is 4.74. The second-order valence-corrected chi connectivity index (χ2v) is 4.15. The van der Waals surface area contributed by atoms with Gasteiger partial charge in [-0.2, -0.15) is 5.26 Å². The third-order valence-electron chi connectivity index (χ3n) is 2.45. The number of halogens is 2. The standard InChI is InChI=1S/C12H9F2NO/c1-12(2,6-15)11-5-8-9(14)3-7(13)4-10(8)16-11/h3-5H,1-2H3. The number of nitrogens with zero attached hydrogens (tertiary/aromatic N) is 1. The van der Waals surface area contributed by atoms with Crippen molar-refractivity contribution in [1.82, 2.24) is 0 Å². The summed E-state index contributed by atoms with van der Waals surface area (Å²) in [4.78, 5) is 0. The Labute approximate surface area is 91.1 Å². The fourth-order valence-corrected chi connectivity index (χ4v) is 1.43. The molecule has 0 aliphatic carbocycles. The van der Waals surface area contributed by atoms with E-state index in [1.54, 1.807) is 13.8 Å². The Morgan fingerprint density at radius 1 is 1.25 bits per heavy atom. The van der Waals surface area contributed by atoms with Gasteiger partial charge in [-0.15, -0.1) is 0 Å². The van der Waals surface area contributed by atoms with Crippen molar-refractivity contribution < 1.29 is 13.2 Å². The first-order chi connectivity index (χ1) is 7.44. The van der Waals surface area contributed by atoms with E-state index in [9.17, 15) is 8.78 Å². The van der Waals surface area contributed by atoms with Crippen LogP contribution in [-0.4, -0.2) is 0 Å². The van der Waals surface area contributed by atoms with Crippen molar-refractivity contribution in [3.63, 3.8) is 0 Å². The molecule has 1 aromatic heterocycles. The van der Waals surface area contributed by atoms with Crippen LogP contribution in [0.1, 0.15) is 19.6 Å². The van der Waals surface area contributed by atoms with Gasteiger partial charge in [-0.05, 0) is 19.9 Å². The highest BCUT2D eigenvalue weighted by Crippen LogP contribution is 2.30. The molecule has 2 nitrogen and oxygen atoms in total. The summed E-state index contributed by atoms with van der Waals surface area (Å²) in [7, 11) is 0. The van der Waals surface area contributed by atoms with E-state index in [4.69, 9.17) is 9.68 Å². The third kappa shape index (κ3) is 1.54. The highest BCUT2D eigenvalue weighted by atomic mass is 19.1. The predicted octanol–water partition coefficient (Wildman–Crippen LogP) is 3.51. The van der Waals surface area contributed by atoms with Crippen LogP contribution < -0.4 is 0 Å². The highest BCUT2D eigenvalue weighted by Gasteiger charge is 2.25. The summed E-state index contributed by atoms with van der Waals surface area (Å²) in [5.41, 5.74) is -0.738. The van der Waals surface area contributed by atoms with E-state index < -0.39 is 17.0 Å². The molecule has 1 heterocycles. The third-order valence-corrected chi connectivity index (χ3v) is 2.45. The zero-order valence-electron chi connectivity index (χ0n) is 8.84. The second kappa shape index (κ2) is 3.31. The lowest BCUT2D eigenvalue weighted by atomic mass is 9.92. The Kier molecular flexibility index (Phi) is 2.20. The van der Waals surface area contributed by atoms with E-state index in [0.29, 0.717) is 5.76 Å². The molecular weight excluding hydrogens is 212 g/mol. The number of rotatable bonds is 1. The van der Waals surface area contributed by atoms with Crippen LogP contribution in [0.15, 0.2) is 22.6 Å². The van der Waals surface area contributed by atoms with Crippen LogP contribution in [0.2, 0.25) is 0 Å². The maximum absolute atomic E-state index is 13.4. The average molecular weight is 221 g/mol. The van der Waals surface area contributed by atoms with Gasteiger partial charge in [-0.25, -0.2) is 8.78 Å². The average Bonchev–Trinajstić information content (AvgIpc) is 2.62. The zero-order valence-corrected chi connectivity index (χ0v) is 8.84. The van der Waals surface area contributed by atoms with E-state index in [-0.39, 0.29) is 11.0 Å². The SMILES string of the molecule is CC(C)(C#N)c1cc2c(F)cc(F)cc2o1. The van der Waals surface area contributed by atoms with Crippen LogP contribution >= 0.6 is 0 Å². The van der Waals surface area contributed by atoms with Crippen molar-refractivity contribution >= 4 is 11.0 Å². The summed E-state index contributed by atoms with van der Waals surface area (Å²) in [5.74, 6) is -1.05. The van der Waals surface area contributed by atoms with Crippen LogP contribution in [0, 0.1) is 23.0 Å². The fourth-order valence-electron chi connectivity index (χ4n) is 1.43. The highest BCUT2D eigenvalue weighted by molar-refractivity contribution is 5.79. The molecule has 0 bridgehead atoms. The number of furan rings is 1. The van der Waals surface area contributed by atoms with Gasteiger partial charge in [0, 0.05) is 12.1 Å². The smallest absolute Gasteiger partial charge is 0.140 e. The van der Waals surface area contributed by atoms with Crippen LogP contribution in [0.5, 0.6) is 0 Å². The number of nitriles is 1. The van der Waals surface area contributed by atoms with Crippen LogP contribution in [-0.2, 0) is 5.41 Å². The second-order valence-electron chi connectivity index (χ2n) is 4.15. The summed E-state index contributed by atoms with van der Waals surface area (Å²) < 4.78 is 31.6. The first kappa shape index (κ1) is 10.6. The summed E-state index contributed by atoms with van der Waals surface area (Å²) in [6, 6.07) is 5.38. The lowest BCUT2D eigenvalue weighted by Gasteiger charge is -2.09. The van der Waals surface area contributed by atoms with Gasteiger partial charge in [0.1, 0.15) is 28.4 Å². The summed E-state index contributed by atoms with van der Waals surface area (Å²) >= 11 is 0. The molecule has 0 atom stereocenters. The summed E-state index contributed by atoms with van der Waals surface area (Å²) in [6.45, 7) is 3.30. The largest absolute Gasteiger partial charge is 0.459 e. The molecule has 0 radical (unpaired) electrons. The number of hydrogen-bond donors (Lipinski definition) is 0.